The quantitative estimate of drug-likeness (QED) is 0.429. The Morgan fingerprint density at radius 2 is 1.59 bits per heavy atom. The Labute approximate surface area is 186 Å². The standard InChI is InChI=1S/C22H28N4O6/c1-4-30-18-13-16(14-19(31-5-2)21(18)32-6-3)22(27)25-11-9-24(10-12-25)20-8-7-17(15-23-20)26(28)29/h7-8,13-15H,4-6,9-12H2,1-3H3. The Morgan fingerprint density at radius 3 is 2.06 bits per heavy atom. The van der Waals surface area contributed by atoms with Gasteiger partial charge in [-0.2, -0.15) is 0 Å². The van der Waals surface area contributed by atoms with Crippen molar-refractivity contribution in [1.29, 1.82) is 0 Å². The van der Waals surface area contributed by atoms with Crippen molar-refractivity contribution in [2.75, 3.05) is 50.9 Å². The van der Waals surface area contributed by atoms with Gasteiger partial charge in [0.05, 0.1) is 24.7 Å². The fourth-order valence-corrected chi connectivity index (χ4v) is 3.51. The molecule has 3 rings (SSSR count). The number of carbonyl (C=O) groups excluding carboxylic acids is 1. The summed E-state index contributed by atoms with van der Waals surface area (Å²) in [6.45, 7) is 9.09. The normalized spacial score (nSPS) is 13.6. The second-order valence-electron chi connectivity index (χ2n) is 7.01. The third-order valence-corrected chi connectivity index (χ3v) is 4.99. The molecule has 1 aromatic carbocycles. The molecular formula is C22H28N4O6. The van der Waals surface area contributed by atoms with E-state index in [0.717, 1.165) is 0 Å². The average Bonchev–Trinajstić information content (AvgIpc) is 2.81. The van der Waals surface area contributed by atoms with Gasteiger partial charge in [-0.05, 0) is 39.0 Å². The Hall–Kier alpha value is -3.56. The van der Waals surface area contributed by atoms with Crippen LogP contribution in [0.1, 0.15) is 31.1 Å². The van der Waals surface area contributed by atoms with Crippen LogP contribution in [0.4, 0.5) is 11.5 Å². The van der Waals surface area contributed by atoms with Crippen molar-refractivity contribution in [3.63, 3.8) is 0 Å². The van der Waals surface area contributed by atoms with Crippen molar-refractivity contribution in [3.05, 3.63) is 46.1 Å². The molecule has 1 aromatic heterocycles. The second kappa shape index (κ2) is 10.7. The van der Waals surface area contributed by atoms with E-state index in [2.05, 4.69) is 4.98 Å². The lowest BCUT2D eigenvalue weighted by atomic mass is 10.1. The van der Waals surface area contributed by atoms with Gasteiger partial charge in [0.25, 0.3) is 11.6 Å². The zero-order chi connectivity index (χ0) is 23.1. The van der Waals surface area contributed by atoms with Crippen LogP contribution < -0.4 is 19.1 Å². The van der Waals surface area contributed by atoms with Crippen LogP contribution >= 0.6 is 0 Å². The van der Waals surface area contributed by atoms with Crippen LogP contribution in [0.5, 0.6) is 17.2 Å². The maximum absolute atomic E-state index is 13.2. The van der Waals surface area contributed by atoms with Crippen molar-refractivity contribution in [2.24, 2.45) is 0 Å². The van der Waals surface area contributed by atoms with Crippen molar-refractivity contribution in [3.8, 4) is 17.2 Å². The lowest BCUT2D eigenvalue weighted by molar-refractivity contribution is -0.385. The molecule has 0 bridgehead atoms. The van der Waals surface area contributed by atoms with Gasteiger partial charge in [-0.25, -0.2) is 4.98 Å². The predicted molar refractivity (Wildman–Crippen MR) is 119 cm³/mol. The minimum atomic E-state index is -0.475. The average molecular weight is 444 g/mol. The van der Waals surface area contributed by atoms with Gasteiger partial charge in [0.15, 0.2) is 11.5 Å². The number of nitrogens with zero attached hydrogens (tertiary/aromatic N) is 4. The molecule has 1 aliphatic rings. The number of amides is 1. The fourth-order valence-electron chi connectivity index (χ4n) is 3.51. The molecule has 0 radical (unpaired) electrons. The number of ether oxygens (including phenoxy) is 3. The number of hydrogen-bond donors (Lipinski definition) is 0. The van der Waals surface area contributed by atoms with Gasteiger partial charge in [0.1, 0.15) is 12.0 Å². The third kappa shape index (κ3) is 5.19. The zero-order valence-corrected chi connectivity index (χ0v) is 18.6. The number of hydrogen-bond acceptors (Lipinski definition) is 8. The first-order valence-electron chi connectivity index (χ1n) is 10.7. The number of pyridine rings is 1. The molecule has 0 unspecified atom stereocenters. The van der Waals surface area contributed by atoms with E-state index < -0.39 is 4.92 Å². The first kappa shape index (κ1) is 23.1. The van der Waals surface area contributed by atoms with Crippen molar-refractivity contribution < 1.29 is 23.9 Å². The molecule has 10 heteroatoms. The number of nitro groups is 1. The van der Waals surface area contributed by atoms with E-state index in [1.54, 1.807) is 23.1 Å². The maximum atomic E-state index is 13.2. The van der Waals surface area contributed by atoms with E-state index >= 15 is 0 Å². The van der Waals surface area contributed by atoms with Gasteiger partial charge >= 0.3 is 0 Å². The second-order valence-corrected chi connectivity index (χ2v) is 7.01. The van der Waals surface area contributed by atoms with Gasteiger partial charge in [-0.3, -0.25) is 14.9 Å². The highest BCUT2D eigenvalue weighted by atomic mass is 16.6. The molecule has 0 spiro atoms. The summed E-state index contributed by atoms with van der Waals surface area (Å²) in [4.78, 5) is 31.5. The summed E-state index contributed by atoms with van der Waals surface area (Å²) >= 11 is 0. The van der Waals surface area contributed by atoms with Crippen LogP contribution in [0.2, 0.25) is 0 Å². The SMILES string of the molecule is CCOc1cc(C(=O)N2CCN(c3ccc([N+](=O)[O-])cn3)CC2)cc(OCC)c1OCC. The Balaban J connectivity index is 1.74. The summed E-state index contributed by atoms with van der Waals surface area (Å²) in [7, 11) is 0. The highest BCUT2D eigenvalue weighted by Crippen LogP contribution is 2.39. The van der Waals surface area contributed by atoms with Crippen molar-refractivity contribution >= 4 is 17.4 Å². The van der Waals surface area contributed by atoms with Gasteiger partial charge in [0.2, 0.25) is 5.75 Å². The van der Waals surface area contributed by atoms with E-state index in [1.807, 2.05) is 25.7 Å². The fraction of sp³-hybridized carbons (Fsp3) is 0.455. The number of rotatable bonds is 9. The van der Waals surface area contributed by atoms with E-state index in [4.69, 9.17) is 14.2 Å². The lowest BCUT2D eigenvalue weighted by Gasteiger charge is -2.35. The molecule has 0 saturated carbocycles. The van der Waals surface area contributed by atoms with Gasteiger partial charge < -0.3 is 24.0 Å². The van der Waals surface area contributed by atoms with Crippen LogP contribution in [-0.2, 0) is 0 Å². The van der Waals surface area contributed by atoms with Crippen molar-refractivity contribution in [1.82, 2.24) is 9.88 Å². The van der Waals surface area contributed by atoms with Gasteiger partial charge in [-0.1, -0.05) is 0 Å². The summed E-state index contributed by atoms with van der Waals surface area (Å²) in [5.74, 6) is 2.00. The van der Waals surface area contributed by atoms with Crippen LogP contribution in [0, 0.1) is 10.1 Å². The summed E-state index contributed by atoms with van der Waals surface area (Å²) < 4.78 is 17.1. The minimum Gasteiger partial charge on any atom is -0.490 e. The number of aromatic nitrogens is 1. The molecular weight excluding hydrogens is 416 g/mol. The van der Waals surface area contributed by atoms with Crippen LogP contribution in [-0.4, -0.2) is 66.7 Å². The molecule has 1 amide bonds. The number of anilines is 1. The lowest BCUT2D eigenvalue weighted by Crippen LogP contribution is -2.49. The Morgan fingerprint density at radius 1 is 1.00 bits per heavy atom. The smallest absolute Gasteiger partial charge is 0.287 e. The van der Waals surface area contributed by atoms with E-state index in [9.17, 15) is 14.9 Å². The molecule has 10 nitrogen and oxygen atoms in total. The van der Waals surface area contributed by atoms with Crippen LogP contribution in [0.15, 0.2) is 30.5 Å². The van der Waals surface area contributed by atoms with Gasteiger partial charge in [-0.15, -0.1) is 0 Å². The summed E-state index contributed by atoms with van der Waals surface area (Å²) in [6.07, 6.45) is 1.25. The molecule has 2 aromatic rings. The molecule has 172 valence electrons. The summed E-state index contributed by atoms with van der Waals surface area (Å²) in [6, 6.07) is 6.46. The molecule has 1 fully saturated rings. The predicted octanol–water partition coefficient (Wildman–Crippen LogP) is 3.15. The summed E-state index contributed by atoms with van der Waals surface area (Å²) in [5, 5.41) is 10.8. The van der Waals surface area contributed by atoms with E-state index in [1.165, 1.54) is 12.3 Å². The Kier molecular flexibility index (Phi) is 7.69. The monoisotopic (exact) mass is 444 g/mol. The third-order valence-electron chi connectivity index (χ3n) is 4.99. The molecule has 1 aliphatic heterocycles. The largest absolute Gasteiger partial charge is 0.490 e. The molecule has 0 N–H and O–H groups in total. The molecule has 0 atom stereocenters. The van der Waals surface area contributed by atoms with Crippen molar-refractivity contribution in [2.45, 2.75) is 20.8 Å². The minimum absolute atomic E-state index is 0.0479. The van der Waals surface area contributed by atoms with Gasteiger partial charge in [0, 0.05) is 37.8 Å². The molecule has 32 heavy (non-hydrogen) atoms. The highest BCUT2D eigenvalue weighted by Gasteiger charge is 2.26. The molecule has 0 aliphatic carbocycles. The zero-order valence-electron chi connectivity index (χ0n) is 18.6. The van der Waals surface area contributed by atoms with Crippen LogP contribution in [0.3, 0.4) is 0 Å². The first-order valence-corrected chi connectivity index (χ1v) is 10.7. The number of piperazine rings is 1. The molecule has 1 saturated heterocycles. The highest BCUT2D eigenvalue weighted by molar-refractivity contribution is 5.95. The topological polar surface area (TPSA) is 107 Å². The maximum Gasteiger partial charge on any atom is 0.287 e. The summed E-state index contributed by atoms with van der Waals surface area (Å²) in [5.41, 5.74) is 0.426. The molecule has 2 heterocycles. The number of benzene rings is 1. The van der Waals surface area contributed by atoms with E-state index in [-0.39, 0.29) is 11.6 Å². The number of carbonyl (C=O) groups is 1. The van der Waals surface area contributed by atoms with Crippen LogP contribution in [0.25, 0.3) is 0 Å². The first-order chi connectivity index (χ1) is 15.5. The van der Waals surface area contributed by atoms with E-state index in [0.29, 0.717) is 74.6 Å². The Bertz CT molecular complexity index is 915.